The van der Waals surface area contributed by atoms with Crippen LogP contribution in [0.15, 0.2) is 23.6 Å². The molecule has 98 valence electrons. The Morgan fingerprint density at radius 1 is 1.50 bits per heavy atom. The Labute approximate surface area is 118 Å². The first kappa shape index (κ1) is 12.5. The molecule has 0 spiro atoms. The third-order valence-electron chi connectivity index (χ3n) is 2.92. The van der Waals surface area contributed by atoms with Crippen LogP contribution in [0.25, 0.3) is 11.1 Å². The van der Waals surface area contributed by atoms with Gasteiger partial charge in [-0.2, -0.15) is 5.26 Å². The number of carbonyl (C=O) groups excluding carboxylic acids is 1. The lowest BCUT2D eigenvalue weighted by atomic mass is 10.0. The Balaban J connectivity index is 2.27. The quantitative estimate of drug-likeness (QED) is 0.647. The smallest absolute Gasteiger partial charge is 0.257 e. The van der Waals surface area contributed by atoms with Gasteiger partial charge in [0.25, 0.3) is 5.91 Å². The van der Waals surface area contributed by atoms with Crippen LogP contribution in [0, 0.1) is 24.1 Å². The lowest BCUT2D eigenvalue weighted by Crippen LogP contribution is -2.05. The summed E-state index contributed by atoms with van der Waals surface area (Å²) in [4.78, 5) is 16.3. The van der Waals surface area contributed by atoms with Crippen LogP contribution in [0.4, 0.5) is 10.1 Å². The molecule has 2 aromatic rings. The molecule has 0 fully saturated rings. The van der Waals surface area contributed by atoms with E-state index < -0.39 is 11.7 Å². The van der Waals surface area contributed by atoms with E-state index in [0.717, 1.165) is 5.69 Å². The molecule has 0 unspecified atom stereocenters. The first-order chi connectivity index (χ1) is 9.60. The van der Waals surface area contributed by atoms with E-state index in [0.29, 0.717) is 16.3 Å². The summed E-state index contributed by atoms with van der Waals surface area (Å²) in [5.74, 6) is -0.861. The third-order valence-corrected chi connectivity index (χ3v) is 3.90. The fraction of sp³-hybridized carbons (Fsp3) is 0.0714. The van der Waals surface area contributed by atoms with E-state index >= 15 is 0 Å². The zero-order chi connectivity index (χ0) is 14.3. The third kappa shape index (κ3) is 1.89. The molecule has 1 aliphatic rings. The summed E-state index contributed by atoms with van der Waals surface area (Å²) >= 11 is 1.28. The van der Waals surface area contributed by atoms with Gasteiger partial charge in [-0.15, -0.1) is 11.3 Å². The number of anilines is 1. The highest BCUT2D eigenvalue weighted by atomic mass is 32.1. The van der Waals surface area contributed by atoms with E-state index in [9.17, 15) is 14.4 Å². The Kier molecular flexibility index (Phi) is 2.84. The SMILES string of the molecule is Cc1csc(/C(C#N)=C2/C(=O)Nc3ccc(F)cc32)n1. The molecule has 4 nitrogen and oxygen atoms in total. The predicted molar refractivity (Wildman–Crippen MR) is 74.3 cm³/mol. The summed E-state index contributed by atoms with van der Waals surface area (Å²) < 4.78 is 13.4. The minimum atomic E-state index is -0.453. The second-order valence-corrected chi connectivity index (χ2v) is 5.16. The van der Waals surface area contributed by atoms with Crippen molar-refractivity contribution in [2.24, 2.45) is 0 Å². The number of nitrogens with zero attached hydrogens (tertiary/aromatic N) is 2. The number of rotatable bonds is 1. The van der Waals surface area contributed by atoms with Crippen molar-refractivity contribution in [3.63, 3.8) is 0 Å². The maximum atomic E-state index is 13.4. The van der Waals surface area contributed by atoms with Crippen molar-refractivity contribution in [3.8, 4) is 6.07 Å². The molecule has 1 aliphatic heterocycles. The number of nitrogens with one attached hydrogen (secondary N) is 1. The number of thiazole rings is 1. The van der Waals surface area contributed by atoms with E-state index in [4.69, 9.17) is 0 Å². The summed E-state index contributed by atoms with van der Waals surface area (Å²) in [5, 5.41) is 14.2. The minimum Gasteiger partial charge on any atom is -0.321 e. The van der Waals surface area contributed by atoms with Gasteiger partial charge in [-0.25, -0.2) is 9.37 Å². The molecular formula is C14H8FN3OS. The molecule has 1 amide bonds. The average Bonchev–Trinajstić information content (AvgIpc) is 2.96. The molecule has 20 heavy (non-hydrogen) atoms. The average molecular weight is 285 g/mol. The van der Waals surface area contributed by atoms with Gasteiger partial charge >= 0.3 is 0 Å². The van der Waals surface area contributed by atoms with Crippen LogP contribution in [0.5, 0.6) is 0 Å². The number of aromatic nitrogens is 1. The summed E-state index contributed by atoms with van der Waals surface area (Å²) in [6, 6.07) is 6.01. The predicted octanol–water partition coefficient (Wildman–Crippen LogP) is 2.98. The molecule has 0 bridgehead atoms. The van der Waals surface area contributed by atoms with Crippen LogP contribution in [0.1, 0.15) is 16.3 Å². The number of amides is 1. The molecule has 0 saturated heterocycles. The maximum absolute atomic E-state index is 13.4. The number of allylic oxidation sites excluding steroid dienone is 1. The van der Waals surface area contributed by atoms with Crippen molar-refractivity contribution >= 4 is 34.1 Å². The zero-order valence-corrected chi connectivity index (χ0v) is 11.2. The highest BCUT2D eigenvalue weighted by Crippen LogP contribution is 2.37. The summed E-state index contributed by atoms with van der Waals surface area (Å²) in [7, 11) is 0. The first-order valence-corrected chi connectivity index (χ1v) is 6.66. The molecule has 1 aromatic heterocycles. The van der Waals surface area contributed by atoms with Crippen molar-refractivity contribution in [2.75, 3.05) is 5.32 Å². The van der Waals surface area contributed by atoms with E-state index in [1.54, 1.807) is 5.38 Å². The van der Waals surface area contributed by atoms with Crippen LogP contribution in [-0.4, -0.2) is 10.9 Å². The number of halogens is 1. The lowest BCUT2D eigenvalue weighted by Gasteiger charge is -2.00. The maximum Gasteiger partial charge on any atom is 0.257 e. The molecule has 3 rings (SSSR count). The topological polar surface area (TPSA) is 65.8 Å². The highest BCUT2D eigenvalue weighted by molar-refractivity contribution is 7.11. The van der Waals surface area contributed by atoms with E-state index in [1.807, 2.05) is 13.0 Å². The number of hydrogen-bond donors (Lipinski definition) is 1. The summed E-state index contributed by atoms with van der Waals surface area (Å²) in [5.41, 5.74) is 2.03. The molecular weight excluding hydrogens is 277 g/mol. The van der Waals surface area contributed by atoms with Crippen LogP contribution >= 0.6 is 11.3 Å². The second kappa shape index (κ2) is 4.54. The van der Waals surface area contributed by atoms with Crippen LogP contribution in [0.2, 0.25) is 0 Å². The van der Waals surface area contributed by atoms with E-state index in [2.05, 4.69) is 10.3 Å². The number of nitriles is 1. The largest absolute Gasteiger partial charge is 0.321 e. The minimum absolute atomic E-state index is 0.171. The molecule has 0 aliphatic carbocycles. The van der Waals surface area contributed by atoms with Crippen LogP contribution < -0.4 is 5.32 Å². The normalized spacial score (nSPS) is 15.6. The summed E-state index contributed by atoms with van der Waals surface area (Å²) in [6.45, 7) is 1.81. The number of hydrogen-bond acceptors (Lipinski definition) is 4. The lowest BCUT2D eigenvalue weighted by molar-refractivity contribution is -0.110. The second-order valence-electron chi connectivity index (χ2n) is 4.30. The van der Waals surface area contributed by atoms with Crippen LogP contribution in [-0.2, 0) is 4.79 Å². The highest BCUT2D eigenvalue weighted by Gasteiger charge is 2.29. The molecule has 1 N–H and O–H groups in total. The van der Waals surface area contributed by atoms with Crippen molar-refractivity contribution < 1.29 is 9.18 Å². The van der Waals surface area contributed by atoms with Gasteiger partial charge in [-0.05, 0) is 25.1 Å². The summed E-state index contributed by atoms with van der Waals surface area (Å²) in [6.07, 6.45) is 0. The van der Waals surface area contributed by atoms with Crippen molar-refractivity contribution in [1.82, 2.24) is 4.98 Å². The Hall–Kier alpha value is -2.52. The van der Waals surface area contributed by atoms with Gasteiger partial charge in [-0.1, -0.05) is 0 Å². The van der Waals surface area contributed by atoms with Gasteiger partial charge in [0.1, 0.15) is 22.5 Å². The number of carbonyl (C=O) groups is 1. The monoisotopic (exact) mass is 285 g/mol. The zero-order valence-electron chi connectivity index (χ0n) is 10.4. The van der Waals surface area contributed by atoms with Gasteiger partial charge in [0.05, 0.1) is 5.57 Å². The van der Waals surface area contributed by atoms with Gasteiger partial charge in [0.15, 0.2) is 0 Å². The van der Waals surface area contributed by atoms with Gasteiger partial charge in [0, 0.05) is 22.3 Å². The van der Waals surface area contributed by atoms with Gasteiger partial charge < -0.3 is 5.32 Å². The first-order valence-electron chi connectivity index (χ1n) is 5.78. The fourth-order valence-corrected chi connectivity index (χ4v) is 2.86. The van der Waals surface area contributed by atoms with Crippen molar-refractivity contribution in [3.05, 3.63) is 45.7 Å². The Morgan fingerprint density at radius 2 is 2.30 bits per heavy atom. The van der Waals surface area contributed by atoms with E-state index in [-0.39, 0.29) is 11.1 Å². The molecule has 6 heteroatoms. The molecule has 1 aromatic carbocycles. The standard InChI is InChI=1S/C14H8FN3OS/c1-7-6-20-14(17-7)10(5-16)12-9-4-8(15)2-3-11(9)18-13(12)19/h2-4,6H,1H3,(H,18,19)/b12-10+. The van der Waals surface area contributed by atoms with E-state index in [1.165, 1.54) is 29.5 Å². The molecule has 2 heterocycles. The Bertz CT molecular complexity index is 801. The van der Waals surface area contributed by atoms with Crippen molar-refractivity contribution in [1.29, 1.82) is 5.26 Å². The van der Waals surface area contributed by atoms with Crippen molar-refractivity contribution in [2.45, 2.75) is 6.92 Å². The Morgan fingerprint density at radius 3 is 2.95 bits per heavy atom. The number of fused-ring (bicyclic) bond motifs is 1. The van der Waals surface area contributed by atoms with Crippen LogP contribution in [0.3, 0.4) is 0 Å². The van der Waals surface area contributed by atoms with Gasteiger partial charge in [-0.3, -0.25) is 4.79 Å². The molecule has 0 atom stereocenters. The molecule has 0 saturated carbocycles. The fourth-order valence-electron chi connectivity index (χ4n) is 2.07. The van der Waals surface area contributed by atoms with Gasteiger partial charge in [0.2, 0.25) is 0 Å². The molecule has 0 radical (unpaired) electrons. The number of benzene rings is 1. The number of aryl methyl sites for hydroxylation is 1.